The Morgan fingerprint density at radius 3 is 2.44 bits per heavy atom. The zero-order valence-electron chi connectivity index (χ0n) is 14.3. The Kier molecular flexibility index (Phi) is 4.14. The molecule has 0 saturated carbocycles. The zero-order chi connectivity index (χ0) is 17.2. The van der Waals surface area contributed by atoms with Crippen molar-refractivity contribution in [3.8, 4) is 11.3 Å². The van der Waals surface area contributed by atoms with Crippen molar-refractivity contribution in [3.05, 3.63) is 83.6 Å². The number of carbonyl (C=O) groups excluding carboxylic acids is 1. The first-order valence-corrected chi connectivity index (χ1v) is 8.79. The molecule has 0 aliphatic heterocycles. The van der Waals surface area contributed by atoms with E-state index in [0.717, 1.165) is 29.8 Å². The van der Waals surface area contributed by atoms with Gasteiger partial charge in [0.1, 0.15) is 0 Å². The zero-order valence-corrected chi connectivity index (χ0v) is 14.3. The van der Waals surface area contributed by atoms with Crippen molar-refractivity contribution >= 4 is 5.97 Å². The van der Waals surface area contributed by atoms with Crippen LogP contribution in [-0.2, 0) is 12.8 Å². The molecule has 0 unspecified atom stereocenters. The van der Waals surface area contributed by atoms with Gasteiger partial charge in [-0.3, -0.25) is 0 Å². The van der Waals surface area contributed by atoms with E-state index >= 15 is 0 Å². The summed E-state index contributed by atoms with van der Waals surface area (Å²) in [7, 11) is 0. The Balaban J connectivity index is 1.77. The Morgan fingerprint density at radius 1 is 1.04 bits per heavy atom. The average molecular weight is 331 g/mol. The van der Waals surface area contributed by atoms with Gasteiger partial charge < -0.3 is 4.84 Å². The fourth-order valence-corrected chi connectivity index (χ4v) is 3.47. The van der Waals surface area contributed by atoms with E-state index in [9.17, 15) is 4.79 Å². The van der Waals surface area contributed by atoms with E-state index < -0.39 is 0 Å². The number of hydrogen-bond donors (Lipinski definition) is 0. The SMILES string of the molecule is C[C@@H]1CCc2cc(-c3ccccc3)n(OC(=O)c3ccccc3)c2C1. The van der Waals surface area contributed by atoms with Gasteiger partial charge in [0.2, 0.25) is 0 Å². The van der Waals surface area contributed by atoms with E-state index in [1.54, 1.807) is 16.9 Å². The van der Waals surface area contributed by atoms with E-state index in [-0.39, 0.29) is 5.97 Å². The predicted molar refractivity (Wildman–Crippen MR) is 98.4 cm³/mol. The Morgan fingerprint density at radius 2 is 1.72 bits per heavy atom. The molecular formula is C22H21NO2. The van der Waals surface area contributed by atoms with Crippen molar-refractivity contribution in [2.45, 2.75) is 26.2 Å². The lowest BCUT2D eigenvalue weighted by Crippen LogP contribution is -2.25. The lowest BCUT2D eigenvalue weighted by atomic mass is 9.89. The van der Waals surface area contributed by atoms with E-state index in [0.29, 0.717) is 11.5 Å². The van der Waals surface area contributed by atoms with Gasteiger partial charge in [0.05, 0.1) is 17.0 Å². The number of fused-ring (bicyclic) bond motifs is 1. The highest BCUT2D eigenvalue weighted by molar-refractivity contribution is 5.89. The standard InChI is InChI=1S/C22H21NO2/c1-16-12-13-19-15-21(17-8-4-2-5-9-17)23(20(19)14-16)25-22(24)18-10-6-3-7-11-18/h2-11,15-16H,12-14H2,1H3/t16-/m1/s1. The third kappa shape index (κ3) is 3.10. The van der Waals surface area contributed by atoms with Gasteiger partial charge in [-0.05, 0) is 48.9 Å². The quantitative estimate of drug-likeness (QED) is 0.705. The van der Waals surface area contributed by atoms with E-state index in [4.69, 9.17) is 4.84 Å². The molecule has 0 amide bonds. The van der Waals surface area contributed by atoms with Gasteiger partial charge in [-0.15, -0.1) is 0 Å². The van der Waals surface area contributed by atoms with Crippen molar-refractivity contribution < 1.29 is 9.63 Å². The molecule has 25 heavy (non-hydrogen) atoms. The molecule has 1 atom stereocenters. The number of rotatable bonds is 3. The van der Waals surface area contributed by atoms with Gasteiger partial charge in [-0.1, -0.05) is 55.5 Å². The molecule has 0 fully saturated rings. The lowest BCUT2D eigenvalue weighted by Gasteiger charge is -2.21. The average Bonchev–Trinajstić information content (AvgIpc) is 3.01. The van der Waals surface area contributed by atoms with Gasteiger partial charge in [0, 0.05) is 5.56 Å². The van der Waals surface area contributed by atoms with Crippen LogP contribution in [0.5, 0.6) is 0 Å². The molecule has 2 aromatic carbocycles. The maximum atomic E-state index is 12.6. The topological polar surface area (TPSA) is 31.2 Å². The second-order valence-corrected chi connectivity index (χ2v) is 6.75. The number of benzene rings is 2. The number of aromatic nitrogens is 1. The lowest BCUT2D eigenvalue weighted by molar-refractivity contribution is 0.0452. The minimum atomic E-state index is -0.325. The van der Waals surface area contributed by atoms with Gasteiger partial charge in [0.25, 0.3) is 0 Å². The van der Waals surface area contributed by atoms with Crippen molar-refractivity contribution in [1.82, 2.24) is 4.73 Å². The summed E-state index contributed by atoms with van der Waals surface area (Å²) in [6.45, 7) is 2.25. The second-order valence-electron chi connectivity index (χ2n) is 6.75. The molecule has 0 bridgehead atoms. The minimum absolute atomic E-state index is 0.325. The summed E-state index contributed by atoms with van der Waals surface area (Å²) in [6.07, 6.45) is 3.15. The maximum Gasteiger partial charge on any atom is 0.363 e. The molecule has 1 heterocycles. The van der Waals surface area contributed by atoms with Crippen LogP contribution >= 0.6 is 0 Å². The predicted octanol–water partition coefficient (Wildman–Crippen LogP) is 4.55. The number of aryl methyl sites for hydroxylation is 1. The minimum Gasteiger partial charge on any atom is -0.331 e. The van der Waals surface area contributed by atoms with Crippen molar-refractivity contribution in [2.24, 2.45) is 5.92 Å². The molecule has 0 N–H and O–H groups in total. The summed E-state index contributed by atoms with van der Waals surface area (Å²) in [5.74, 6) is 0.273. The highest BCUT2D eigenvalue weighted by atomic mass is 16.7. The molecule has 0 spiro atoms. The highest BCUT2D eigenvalue weighted by Gasteiger charge is 2.25. The molecule has 3 aromatic rings. The van der Waals surface area contributed by atoms with Crippen LogP contribution < -0.4 is 4.84 Å². The number of carbonyl (C=O) groups is 1. The smallest absolute Gasteiger partial charge is 0.331 e. The van der Waals surface area contributed by atoms with Crippen LogP contribution in [0, 0.1) is 5.92 Å². The Hall–Kier alpha value is -2.81. The summed E-state index contributed by atoms with van der Waals surface area (Å²) in [4.78, 5) is 18.5. The first kappa shape index (κ1) is 15.7. The van der Waals surface area contributed by atoms with E-state index in [1.165, 1.54) is 12.0 Å². The van der Waals surface area contributed by atoms with Gasteiger partial charge in [-0.25, -0.2) is 4.79 Å². The molecular weight excluding hydrogens is 310 g/mol. The van der Waals surface area contributed by atoms with Crippen LogP contribution in [0.2, 0.25) is 0 Å². The Labute approximate surface area is 147 Å². The molecule has 1 aliphatic rings. The highest BCUT2D eigenvalue weighted by Crippen LogP contribution is 2.32. The fourth-order valence-electron chi connectivity index (χ4n) is 3.47. The summed E-state index contributed by atoms with van der Waals surface area (Å²) in [5, 5.41) is 0. The first-order chi connectivity index (χ1) is 12.2. The van der Waals surface area contributed by atoms with Crippen LogP contribution in [0.1, 0.15) is 35.0 Å². The van der Waals surface area contributed by atoms with Gasteiger partial charge in [-0.2, -0.15) is 4.73 Å². The van der Waals surface area contributed by atoms with Crippen LogP contribution in [0.4, 0.5) is 0 Å². The molecule has 3 nitrogen and oxygen atoms in total. The monoisotopic (exact) mass is 331 g/mol. The normalized spacial score (nSPS) is 16.3. The molecule has 1 aromatic heterocycles. The molecule has 0 radical (unpaired) electrons. The second kappa shape index (κ2) is 6.60. The molecule has 4 rings (SSSR count). The van der Waals surface area contributed by atoms with Gasteiger partial charge in [0.15, 0.2) is 0 Å². The first-order valence-electron chi connectivity index (χ1n) is 8.79. The van der Waals surface area contributed by atoms with E-state index in [1.807, 2.05) is 36.4 Å². The fraction of sp³-hybridized carbons (Fsp3) is 0.227. The Bertz CT molecular complexity index is 881. The van der Waals surface area contributed by atoms with Crippen molar-refractivity contribution in [1.29, 1.82) is 0 Å². The van der Waals surface area contributed by atoms with Crippen LogP contribution in [0.3, 0.4) is 0 Å². The molecule has 0 saturated heterocycles. The summed E-state index contributed by atoms with van der Waals surface area (Å²) >= 11 is 0. The third-order valence-electron chi connectivity index (χ3n) is 4.85. The molecule has 1 aliphatic carbocycles. The number of nitrogens with zero attached hydrogens (tertiary/aromatic N) is 1. The van der Waals surface area contributed by atoms with Crippen LogP contribution in [0.15, 0.2) is 66.7 Å². The summed E-state index contributed by atoms with van der Waals surface area (Å²) < 4.78 is 1.76. The van der Waals surface area contributed by atoms with Crippen LogP contribution in [0.25, 0.3) is 11.3 Å². The van der Waals surface area contributed by atoms with E-state index in [2.05, 4.69) is 25.1 Å². The largest absolute Gasteiger partial charge is 0.363 e. The van der Waals surface area contributed by atoms with Crippen molar-refractivity contribution in [3.63, 3.8) is 0 Å². The van der Waals surface area contributed by atoms with Gasteiger partial charge >= 0.3 is 5.97 Å². The molecule has 3 heteroatoms. The summed E-state index contributed by atoms with van der Waals surface area (Å²) in [6, 6.07) is 21.4. The van der Waals surface area contributed by atoms with Crippen molar-refractivity contribution in [2.75, 3.05) is 0 Å². The summed E-state index contributed by atoms with van der Waals surface area (Å²) in [5.41, 5.74) is 4.99. The third-order valence-corrected chi connectivity index (χ3v) is 4.85. The maximum absolute atomic E-state index is 12.6. The molecule has 126 valence electrons. The number of hydrogen-bond acceptors (Lipinski definition) is 2. The van der Waals surface area contributed by atoms with Crippen LogP contribution in [-0.4, -0.2) is 10.7 Å².